The number of pyridine rings is 1. The van der Waals surface area contributed by atoms with Crippen LogP contribution in [0.25, 0.3) is 0 Å². The van der Waals surface area contributed by atoms with Crippen LogP contribution in [0.3, 0.4) is 0 Å². The number of aryl methyl sites for hydroxylation is 1. The van der Waals surface area contributed by atoms with Gasteiger partial charge in [-0.15, -0.1) is 0 Å². The van der Waals surface area contributed by atoms with Crippen LogP contribution >= 0.6 is 0 Å². The zero-order valence-corrected chi connectivity index (χ0v) is 20.2. The minimum absolute atomic E-state index is 0.0327. The van der Waals surface area contributed by atoms with Crippen LogP contribution in [0.4, 0.5) is 10.2 Å². The van der Waals surface area contributed by atoms with Gasteiger partial charge in [-0.25, -0.2) is 14.4 Å². The first-order valence-electron chi connectivity index (χ1n) is 11.8. The number of fused-ring (bicyclic) bond motifs is 1. The Morgan fingerprint density at radius 2 is 2.03 bits per heavy atom. The third-order valence-corrected chi connectivity index (χ3v) is 6.36. The van der Waals surface area contributed by atoms with Crippen molar-refractivity contribution in [2.45, 2.75) is 33.4 Å². The number of carbonyl (C=O) groups is 1. The Morgan fingerprint density at radius 3 is 2.78 bits per heavy atom. The maximum Gasteiger partial charge on any atom is 0.257 e. The van der Waals surface area contributed by atoms with E-state index < -0.39 is 5.82 Å². The number of aliphatic imine (C=N–C) groups is 1. The zero-order chi connectivity index (χ0) is 25.2. The van der Waals surface area contributed by atoms with E-state index in [0.29, 0.717) is 61.0 Å². The zero-order valence-electron chi connectivity index (χ0n) is 20.2. The average Bonchev–Trinajstić information content (AvgIpc) is 3.27. The van der Waals surface area contributed by atoms with E-state index in [0.717, 1.165) is 17.2 Å². The van der Waals surface area contributed by atoms with E-state index in [4.69, 9.17) is 5.73 Å². The summed E-state index contributed by atoms with van der Waals surface area (Å²) in [6.45, 7) is 5.88. The molecule has 36 heavy (non-hydrogen) atoms. The predicted octanol–water partition coefficient (Wildman–Crippen LogP) is 3.03. The monoisotopic (exact) mass is 483 g/mol. The van der Waals surface area contributed by atoms with E-state index >= 15 is 4.39 Å². The molecule has 182 valence electrons. The topological polar surface area (TPSA) is 101 Å². The highest BCUT2D eigenvalue weighted by atomic mass is 19.1. The smallest absolute Gasteiger partial charge is 0.257 e. The molecule has 0 unspecified atom stereocenters. The molecule has 0 saturated heterocycles. The minimum Gasteiger partial charge on any atom is -0.384 e. The standard InChI is InChI=1S/C27H26FN7O/c1-3-23-21(7-4-18-5-9-24(29)30-14-18)26(33-16-32-23)19-6-8-20(22(28)12-19)27(36)34-10-11-35-17(2)13-31-25(35)15-34/h5-6,8-9,12-14,32H,3,10-11,15-16H2,1-2H3,(H2,29,30). The van der Waals surface area contributed by atoms with Gasteiger partial charge in [-0.3, -0.25) is 9.79 Å². The van der Waals surface area contributed by atoms with Gasteiger partial charge in [0.05, 0.1) is 23.4 Å². The third-order valence-electron chi connectivity index (χ3n) is 6.36. The van der Waals surface area contributed by atoms with Gasteiger partial charge in [0.2, 0.25) is 0 Å². The van der Waals surface area contributed by atoms with E-state index in [1.54, 1.807) is 35.5 Å². The second-order valence-corrected chi connectivity index (χ2v) is 8.66. The molecule has 3 aromatic rings. The van der Waals surface area contributed by atoms with Crippen molar-refractivity contribution in [2.24, 2.45) is 4.99 Å². The van der Waals surface area contributed by atoms with E-state index in [9.17, 15) is 4.79 Å². The highest BCUT2D eigenvalue weighted by Crippen LogP contribution is 2.22. The van der Waals surface area contributed by atoms with Gasteiger partial charge in [0.15, 0.2) is 0 Å². The molecule has 3 N–H and O–H groups in total. The summed E-state index contributed by atoms with van der Waals surface area (Å²) in [6.07, 6.45) is 4.11. The maximum absolute atomic E-state index is 15.3. The number of aromatic nitrogens is 3. The molecule has 0 radical (unpaired) electrons. The fraction of sp³-hybridized carbons (Fsp3) is 0.259. The Hall–Kier alpha value is -4.45. The molecule has 4 heterocycles. The first-order valence-corrected chi connectivity index (χ1v) is 11.8. The van der Waals surface area contributed by atoms with E-state index in [-0.39, 0.29) is 11.5 Å². The van der Waals surface area contributed by atoms with Crippen LogP contribution in [0, 0.1) is 24.6 Å². The fourth-order valence-electron chi connectivity index (χ4n) is 4.40. The van der Waals surface area contributed by atoms with Crippen molar-refractivity contribution < 1.29 is 9.18 Å². The van der Waals surface area contributed by atoms with Crippen molar-refractivity contribution in [1.29, 1.82) is 0 Å². The number of nitrogens with two attached hydrogens (primary N) is 1. The first-order chi connectivity index (χ1) is 17.4. The van der Waals surface area contributed by atoms with E-state index in [1.807, 2.05) is 13.8 Å². The summed E-state index contributed by atoms with van der Waals surface area (Å²) >= 11 is 0. The molecule has 2 aromatic heterocycles. The van der Waals surface area contributed by atoms with Crippen molar-refractivity contribution in [3.63, 3.8) is 0 Å². The Bertz CT molecular complexity index is 1460. The normalized spacial score (nSPS) is 15.0. The van der Waals surface area contributed by atoms with Gasteiger partial charge < -0.3 is 20.5 Å². The lowest BCUT2D eigenvalue weighted by Crippen LogP contribution is -2.39. The summed E-state index contributed by atoms with van der Waals surface area (Å²) in [5.74, 6) is 6.57. The fourth-order valence-corrected chi connectivity index (χ4v) is 4.40. The average molecular weight is 484 g/mol. The molecule has 0 saturated carbocycles. The van der Waals surface area contributed by atoms with Gasteiger partial charge in [-0.2, -0.15) is 0 Å². The molecule has 0 fully saturated rings. The second kappa shape index (κ2) is 9.66. The second-order valence-electron chi connectivity index (χ2n) is 8.66. The molecular weight excluding hydrogens is 457 g/mol. The molecular formula is C27H26FN7O. The van der Waals surface area contributed by atoms with Crippen molar-refractivity contribution >= 4 is 17.4 Å². The number of nitrogens with zero attached hydrogens (tertiary/aromatic N) is 5. The first kappa shape index (κ1) is 23.3. The van der Waals surface area contributed by atoms with Gasteiger partial charge in [-0.1, -0.05) is 24.8 Å². The molecule has 2 aliphatic rings. The number of allylic oxidation sites excluding steroid dienone is 2. The molecule has 0 bridgehead atoms. The molecule has 0 atom stereocenters. The number of anilines is 1. The van der Waals surface area contributed by atoms with Crippen molar-refractivity contribution in [2.75, 3.05) is 18.9 Å². The number of nitrogens with one attached hydrogen (secondary N) is 1. The Kier molecular flexibility index (Phi) is 6.25. The van der Waals surface area contributed by atoms with Crippen molar-refractivity contribution in [1.82, 2.24) is 24.8 Å². The minimum atomic E-state index is -0.586. The Balaban J connectivity index is 1.42. The van der Waals surface area contributed by atoms with Gasteiger partial charge in [0, 0.05) is 48.0 Å². The molecule has 1 amide bonds. The summed E-state index contributed by atoms with van der Waals surface area (Å²) in [5.41, 5.74) is 10.2. The highest BCUT2D eigenvalue weighted by molar-refractivity contribution is 6.16. The number of nitrogen functional groups attached to an aromatic ring is 1. The van der Waals surface area contributed by atoms with Gasteiger partial charge >= 0.3 is 0 Å². The number of hydrogen-bond acceptors (Lipinski definition) is 6. The van der Waals surface area contributed by atoms with Crippen LogP contribution in [0.5, 0.6) is 0 Å². The number of halogens is 1. The molecule has 1 aromatic carbocycles. The van der Waals surface area contributed by atoms with Crippen LogP contribution in [-0.4, -0.2) is 44.3 Å². The lowest BCUT2D eigenvalue weighted by Gasteiger charge is -2.28. The van der Waals surface area contributed by atoms with Crippen molar-refractivity contribution in [3.8, 4) is 11.8 Å². The molecule has 9 heteroatoms. The number of hydrogen-bond donors (Lipinski definition) is 2. The van der Waals surface area contributed by atoms with Crippen molar-refractivity contribution in [3.05, 3.63) is 88.0 Å². The van der Waals surface area contributed by atoms with Crippen LogP contribution < -0.4 is 11.1 Å². The summed E-state index contributed by atoms with van der Waals surface area (Å²) in [4.78, 5) is 27.8. The molecule has 2 aliphatic heterocycles. The molecule has 0 spiro atoms. The number of imidazole rings is 1. The highest BCUT2D eigenvalue weighted by Gasteiger charge is 2.26. The predicted molar refractivity (Wildman–Crippen MR) is 135 cm³/mol. The Labute approximate surface area is 208 Å². The Morgan fingerprint density at radius 1 is 1.17 bits per heavy atom. The van der Waals surface area contributed by atoms with E-state index in [2.05, 4.69) is 36.7 Å². The molecule has 0 aliphatic carbocycles. The number of carbonyl (C=O) groups excluding carboxylic acids is 1. The largest absolute Gasteiger partial charge is 0.384 e. The van der Waals surface area contributed by atoms with Crippen LogP contribution in [0.2, 0.25) is 0 Å². The summed E-state index contributed by atoms with van der Waals surface area (Å²) in [6, 6.07) is 8.12. The molecule has 5 rings (SSSR count). The summed E-state index contributed by atoms with van der Waals surface area (Å²) in [7, 11) is 0. The number of benzene rings is 1. The lowest BCUT2D eigenvalue weighted by molar-refractivity contribution is 0.0702. The third kappa shape index (κ3) is 4.45. The number of rotatable bonds is 3. The van der Waals surface area contributed by atoms with Gasteiger partial charge in [0.25, 0.3) is 5.91 Å². The van der Waals surface area contributed by atoms with Crippen LogP contribution in [0.1, 0.15) is 46.3 Å². The van der Waals surface area contributed by atoms with E-state index in [1.165, 1.54) is 12.1 Å². The van der Waals surface area contributed by atoms with Gasteiger partial charge in [0.1, 0.15) is 24.1 Å². The quantitative estimate of drug-likeness (QED) is 0.558. The SMILES string of the molecule is CCC1=C(C#Cc2ccc(N)nc2)C(c2ccc(C(=O)N3CCn4c(C)cnc4C3)c(F)c2)=NCN1. The number of amides is 1. The lowest BCUT2D eigenvalue weighted by atomic mass is 9.96. The summed E-state index contributed by atoms with van der Waals surface area (Å²) in [5, 5.41) is 3.25. The molecule has 8 nitrogen and oxygen atoms in total. The van der Waals surface area contributed by atoms with Crippen LogP contribution in [-0.2, 0) is 13.1 Å². The van der Waals surface area contributed by atoms with Gasteiger partial charge in [-0.05, 0) is 37.6 Å². The summed E-state index contributed by atoms with van der Waals surface area (Å²) < 4.78 is 17.4. The van der Waals surface area contributed by atoms with Crippen LogP contribution in [0.15, 0.2) is 59.0 Å². The maximum atomic E-state index is 15.3.